The number of alkyl halides is 3. The number of aromatic nitrogens is 2. The number of halogens is 3. The van der Waals surface area contributed by atoms with Crippen LogP contribution in [-0.4, -0.2) is 16.0 Å². The minimum absolute atomic E-state index is 0.107. The molecule has 1 aliphatic carbocycles. The Hall–Kier alpha value is -1.00. The lowest BCUT2D eigenvalue weighted by Gasteiger charge is -2.25. The Kier molecular flexibility index (Phi) is 2.72. The highest BCUT2D eigenvalue weighted by atomic mass is 19.4. The molecule has 0 aliphatic heterocycles. The highest BCUT2D eigenvalue weighted by Gasteiger charge is 2.42. The Morgan fingerprint density at radius 1 is 1.44 bits per heavy atom. The molecule has 0 radical (unpaired) electrons. The molecule has 1 atom stereocenters. The fourth-order valence-electron chi connectivity index (χ4n) is 2.43. The van der Waals surface area contributed by atoms with Crippen LogP contribution in [0.5, 0.6) is 0 Å². The summed E-state index contributed by atoms with van der Waals surface area (Å²) >= 11 is 0. The molecule has 0 amide bonds. The van der Waals surface area contributed by atoms with Crippen molar-refractivity contribution in [2.75, 3.05) is 0 Å². The second-order valence-electron chi connectivity index (χ2n) is 4.33. The normalized spacial score (nSPS) is 20.9. The molecular formula is C11H15F3N2. The Morgan fingerprint density at radius 2 is 2.12 bits per heavy atom. The third-order valence-electron chi connectivity index (χ3n) is 3.34. The van der Waals surface area contributed by atoms with Gasteiger partial charge in [0.1, 0.15) is 0 Å². The summed E-state index contributed by atoms with van der Waals surface area (Å²) in [7, 11) is 1.81. The van der Waals surface area contributed by atoms with Crippen LogP contribution in [0.3, 0.4) is 0 Å². The van der Waals surface area contributed by atoms with Gasteiger partial charge < -0.3 is 0 Å². The molecule has 0 saturated carbocycles. The molecule has 2 nitrogen and oxygen atoms in total. The van der Waals surface area contributed by atoms with Gasteiger partial charge in [0, 0.05) is 12.7 Å². The zero-order chi connectivity index (χ0) is 11.9. The van der Waals surface area contributed by atoms with Gasteiger partial charge in [0.15, 0.2) is 0 Å². The molecule has 1 heterocycles. The standard InChI is InChI=1S/C11H15F3N2/c1-3-9-8-6-7(11(12,13)14)4-5-10(8)16(2)15-9/h7H,3-6H2,1-2H3/t7-/m0/s1. The maximum Gasteiger partial charge on any atom is 0.392 e. The monoisotopic (exact) mass is 232 g/mol. The van der Waals surface area contributed by atoms with Gasteiger partial charge in [-0.3, -0.25) is 4.68 Å². The SMILES string of the molecule is CCc1nn(C)c2c1C[C@@H](C(F)(F)F)CC2. The van der Waals surface area contributed by atoms with Crippen LogP contribution in [0.4, 0.5) is 13.2 Å². The van der Waals surface area contributed by atoms with Crippen molar-refractivity contribution in [3.63, 3.8) is 0 Å². The van der Waals surface area contributed by atoms with Crippen LogP contribution in [0.1, 0.15) is 30.3 Å². The van der Waals surface area contributed by atoms with E-state index in [2.05, 4.69) is 5.10 Å². The lowest BCUT2D eigenvalue weighted by atomic mass is 9.85. The molecule has 0 aromatic carbocycles. The first-order valence-electron chi connectivity index (χ1n) is 5.53. The van der Waals surface area contributed by atoms with Crippen LogP contribution in [0.2, 0.25) is 0 Å². The number of hydrogen-bond donors (Lipinski definition) is 0. The topological polar surface area (TPSA) is 17.8 Å². The lowest BCUT2D eigenvalue weighted by molar-refractivity contribution is -0.177. The fraction of sp³-hybridized carbons (Fsp3) is 0.727. The molecule has 0 fully saturated rings. The maximum absolute atomic E-state index is 12.7. The van der Waals surface area contributed by atoms with Crippen LogP contribution in [0.15, 0.2) is 0 Å². The minimum atomic E-state index is -4.07. The van der Waals surface area contributed by atoms with Crippen molar-refractivity contribution < 1.29 is 13.2 Å². The van der Waals surface area contributed by atoms with Crippen molar-refractivity contribution in [1.82, 2.24) is 9.78 Å². The first kappa shape index (κ1) is 11.5. The number of hydrogen-bond acceptors (Lipinski definition) is 1. The molecule has 5 heteroatoms. The van der Waals surface area contributed by atoms with Gasteiger partial charge in [-0.2, -0.15) is 18.3 Å². The quantitative estimate of drug-likeness (QED) is 0.727. The Morgan fingerprint density at radius 3 is 2.69 bits per heavy atom. The van der Waals surface area contributed by atoms with Crippen molar-refractivity contribution >= 4 is 0 Å². The van der Waals surface area contributed by atoms with Gasteiger partial charge in [0.2, 0.25) is 0 Å². The van der Waals surface area contributed by atoms with Crippen molar-refractivity contribution in [2.24, 2.45) is 13.0 Å². The molecule has 1 aromatic rings. The highest BCUT2D eigenvalue weighted by Crippen LogP contribution is 2.37. The summed E-state index contributed by atoms with van der Waals surface area (Å²) in [5.74, 6) is -1.19. The van der Waals surface area contributed by atoms with Crippen molar-refractivity contribution in [2.45, 2.75) is 38.8 Å². The molecule has 0 spiro atoms. The smallest absolute Gasteiger partial charge is 0.272 e. The first-order valence-corrected chi connectivity index (χ1v) is 5.53. The summed E-state index contributed by atoms with van der Waals surface area (Å²) in [5.41, 5.74) is 2.64. The number of aryl methyl sites for hydroxylation is 2. The van der Waals surface area contributed by atoms with Gasteiger partial charge in [-0.1, -0.05) is 6.92 Å². The van der Waals surface area contributed by atoms with Crippen LogP contribution in [-0.2, 0) is 26.3 Å². The van der Waals surface area contributed by atoms with E-state index in [0.29, 0.717) is 12.8 Å². The average Bonchev–Trinajstić information content (AvgIpc) is 2.54. The van der Waals surface area contributed by atoms with Gasteiger partial charge in [-0.25, -0.2) is 0 Å². The van der Waals surface area contributed by atoms with Gasteiger partial charge in [0.05, 0.1) is 11.6 Å². The molecule has 0 unspecified atom stereocenters. The van der Waals surface area contributed by atoms with Gasteiger partial charge in [-0.15, -0.1) is 0 Å². The largest absolute Gasteiger partial charge is 0.392 e. The van der Waals surface area contributed by atoms with Crippen LogP contribution < -0.4 is 0 Å². The number of fused-ring (bicyclic) bond motifs is 1. The predicted octanol–water partition coefficient (Wildman–Crippen LogP) is 2.65. The summed E-state index contributed by atoms with van der Waals surface area (Å²) in [6, 6.07) is 0. The van der Waals surface area contributed by atoms with E-state index in [0.717, 1.165) is 17.0 Å². The van der Waals surface area contributed by atoms with E-state index in [4.69, 9.17) is 0 Å². The summed E-state index contributed by atoms with van der Waals surface area (Å²) < 4.78 is 39.7. The van der Waals surface area contributed by atoms with Crippen LogP contribution >= 0.6 is 0 Å². The molecule has 90 valence electrons. The maximum atomic E-state index is 12.7. The minimum Gasteiger partial charge on any atom is -0.272 e. The summed E-state index contributed by atoms with van der Waals surface area (Å²) in [6.07, 6.45) is -2.58. The molecule has 0 bridgehead atoms. The molecule has 1 aliphatic rings. The van der Waals surface area contributed by atoms with E-state index in [-0.39, 0.29) is 12.8 Å². The summed E-state index contributed by atoms with van der Waals surface area (Å²) in [4.78, 5) is 0. The Balaban J connectivity index is 2.32. The van der Waals surface area contributed by atoms with Gasteiger partial charge >= 0.3 is 6.18 Å². The third-order valence-corrected chi connectivity index (χ3v) is 3.34. The van der Waals surface area contributed by atoms with E-state index < -0.39 is 12.1 Å². The second-order valence-corrected chi connectivity index (χ2v) is 4.33. The lowest BCUT2D eigenvalue weighted by Crippen LogP contribution is -2.29. The molecule has 16 heavy (non-hydrogen) atoms. The van der Waals surface area contributed by atoms with E-state index in [1.54, 1.807) is 4.68 Å². The molecule has 1 aromatic heterocycles. The molecule has 0 saturated heterocycles. The van der Waals surface area contributed by atoms with E-state index in [9.17, 15) is 13.2 Å². The Bertz CT molecular complexity index is 393. The highest BCUT2D eigenvalue weighted by molar-refractivity contribution is 5.29. The molecule has 0 N–H and O–H groups in total. The van der Waals surface area contributed by atoms with Crippen molar-refractivity contribution in [1.29, 1.82) is 0 Å². The van der Waals surface area contributed by atoms with Gasteiger partial charge in [0.25, 0.3) is 0 Å². The number of rotatable bonds is 1. The zero-order valence-corrected chi connectivity index (χ0v) is 9.43. The van der Waals surface area contributed by atoms with E-state index in [1.807, 2.05) is 14.0 Å². The second kappa shape index (κ2) is 3.79. The average molecular weight is 232 g/mol. The van der Waals surface area contributed by atoms with Crippen molar-refractivity contribution in [3.05, 3.63) is 17.0 Å². The summed E-state index contributed by atoms with van der Waals surface area (Å²) in [5, 5.41) is 4.28. The van der Waals surface area contributed by atoms with Gasteiger partial charge in [-0.05, 0) is 31.2 Å². The first-order chi connectivity index (χ1) is 7.43. The molecule has 2 rings (SSSR count). The van der Waals surface area contributed by atoms with E-state index in [1.165, 1.54) is 0 Å². The summed E-state index contributed by atoms with van der Waals surface area (Å²) in [6.45, 7) is 1.93. The Labute approximate surface area is 92.4 Å². The van der Waals surface area contributed by atoms with E-state index >= 15 is 0 Å². The number of nitrogens with zero attached hydrogens (tertiary/aromatic N) is 2. The molecular weight excluding hydrogens is 217 g/mol. The zero-order valence-electron chi connectivity index (χ0n) is 9.43. The van der Waals surface area contributed by atoms with Crippen molar-refractivity contribution in [3.8, 4) is 0 Å². The predicted molar refractivity (Wildman–Crippen MR) is 54.2 cm³/mol. The fourth-order valence-corrected chi connectivity index (χ4v) is 2.43. The van der Waals surface area contributed by atoms with Crippen LogP contribution in [0.25, 0.3) is 0 Å². The third kappa shape index (κ3) is 1.83. The van der Waals surface area contributed by atoms with Crippen LogP contribution in [0, 0.1) is 5.92 Å².